The van der Waals surface area contributed by atoms with Crippen LogP contribution in [0.15, 0.2) is 0 Å². The van der Waals surface area contributed by atoms with Gasteiger partial charge in [0.1, 0.15) is 5.00 Å². The number of hydrogen-bond donors (Lipinski definition) is 1. The number of carbonyl (C=O) groups excluding carboxylic acids is 3. The zero-order valence-corrected chi connectivity index (χ0v) is 13.7. The number of aryl methyl sites for hydroxylation is 1. The van der Waals surface area contributed by atoms with Gasteiger partial charge in [-0.05, 0) is 26.3 Å². The molecule has 1 rings (SSSR count). The van der Waals surface area contributed by atoms with Crippen molar-refractivity contribution in [2.24, 2.45) is 0 Å². The van der Waals surface area contributed by atoms with Crippen LogP contribution in [0.3, 0.4) is 0 Å². The van der Waals surface area contributed by atoms with E-state index in [4.69, 9.17) is 4.74 Å². The fourth-order valence-corrected chi connectivity index (χ4v) is 2.72. The normalized spacial score (nSPS) is 10.1. The Labute approximate surface area is 128 Å². The summed E-state index contributed by atoms with van der Waals surface area (Å²) in [6, 6.07) is 0. The second-order valence-corrected chi connectivity index (χ2v) is 5.86. The third-order valence-electron chi connectivity index (χ3n) is 3.04. The number of likely N-dealkylation sites (N-methyl/N-ethyl adjacent to an activating group) is 1. The number of carbonyl (C=O) groups is 3. The molecule has 0 unspecified atom stereocenters. The van der Waals surface area contributed by atoms with Gasteiger partial charge in [-0.1, -0.05) is 0 Å². The van der Waals surface area contributed by atoms with E-state index >= 15 is 0 Å². The summed E-state index contributed by atoms with van der Waals surface area (Å²) in [7, 11) is 1.54. The molecule has 1 N–H and O–H groups in total. The maximum atomic E-state index is 12.0. The quantitative estimate of drug-likeness (QED) is 0.843. The summed E-state index contributed by atoms with van der Waals surface area (Å²) in [5, 5.41) is 3.15. The van der Waals surface area contributed by atoms with Crippen LogP contribution < -0.4 is 5.32 Å². The number of nitrogens with zero attached hydrogens (tertiary/aromatic N) is 1. The van der Waals surface area contributed by atoms with Gasteiger partial charge in [0.25, 0.3) is 0 Å². The SMILES string of the molecule is CCOC(=O)c1c(NC(=O)CN(C)C(C)=O)sc(C)c1C. The fourth-order valence-electron chi connectivity index (χ4n) is 1.66. The van der Waals surface area contributed by atoms with E-state index in [2.05, 4.69) is 5.32 Å². The predicted octanol–water partition coefficient (Wildman–Crippen LogP) is 1.96. The molecule has 116 valence electrons. The van der Waals surface area contributed by atoms with Crippen LogP contribution in [0.25, 0.3) is 0 Å². The summed E-state index contributed by atoms with van der Waals surface area (Å²) in [5.41, 5.74) is 1.19. The van der Waals surface area contributed by atoms with Crippen molar-refractivity contribution >= 4 is 34.1 Å². The monoisotopic (exact) mass is 312 g/mol. The van der Waals surface area contributed by atoms with Crippen molar-refractivity contribution in [3.63, 3.8) is 0 Å². The number of thiophene rings is 1. The Hall–Kier alpha value is -1.89. The number of nitrogens with one attached hydrogen (secondary N) is 1. The molecular formula is C14H20N2O4S. The number of ether oxygens (including phenoxy) is 1. The summed E-state index contributed by atoms with van der Waals surface area (Å²) in [6.07, 6.45) is 0. The predicted molar refractivity (Wildman–Crippen MR) is 81.7 cm³/mol. The summed E-state index contributed by atoms with van der Waals surface area (Å²) in [4.78, 5) is 37.3. The second-order valence-electron chi connectivity index (χ2n) is 4.63. The molecule has 0 bridgehead atoms. The van der Waals surface area contributed by atoms with Crippen LogP contribution in [0.5, 0.6) is 0 Å². The van der Waals surface area contributed by atoms with Crippen LogP contribution in [0, 0.1) is 13.8 Å². The van der Waals surface area contributed by atoms with Gasteiger partial charge in [0.15, 0.2) is 0 Å². The molecule has 0 spiro atoms. The lowest BCUT2D eigenvalue weighted by molar-refractivity contribution is -0.131. The number of amides is 2. The number of esters is 1. The highest BCUT2D eigenvalue weighted by molar-refractivity contribution is 7.16. The van der Waals surface area contributed by atoms with E-state index < -0.39 is 5.97 Å². The van der Waals surface area contributed by atoms with Crippen LogP contribution in [0.2, 0.25) is 0 Å². The van der Waals surface area contributed by atoms with Gasteiger partial charge >= 0.3 is 5.97 Å². The largest absolute Gasteiger partial charge is 0.462 e. The van der Waals surface area contributed by atoms with Crippen molar-refractivity contribution < 1.29 is 19.1 Å². The van der Waals surface area contributed by atoms with Crippen molar-refractivity contribution in [3.05, 3.63) is 16.0 Å². The lowest BCUT2D eigenvalue weighted by Crippen LogP contribution is -2.33. The first kappa shape index (κ1) is 17.2. The molecule has 0 saturated heterocycles. The lowest BCUT2D eigenvalue weighted by atomic mass is 10.1. The molecule has 1 aromatic heterocycles. The third kappa shape index (κ3) is 4.29. The van der Waals surface area contributed by atoms with Crippen LogP contribution in [0.1, 0.15) is 34.6 Å². The van der Waals surface area contributed by atoms with Crippen LogP contribution in [-0.4, -0.2) is 42.9 Å². The van der Waals surface area contributed by atoms with E-state index in [9.17, 15) is 14.4 Å². The molecular weight excluding hydrogens is 292 g/mol. The molecule has 2 amide bonds. The van der Waals surface area contributed by atoms with E-state index in [1.807, 2.05) is 13.8 Å². The smallest absolute Gasteiger partial charge is 0.341 e. The molecule has 6 nitrogen and oxygen atoms in total. The Morgan fingerprint density at radius 3 is 2.43 bits per heavy atom. The molecule has 0 fully saturated rings. The van der Waals surface area contributed by atoms with Gasteiger partial charge in [-0.25, -0.2) is 4.79 Å². The standard InChI is InChI=1S/C14H20N2O4S/c1-6-20-14(19)12-8(2)9(3)21-13(12)15-11(18)7-16(5)10(4)17/h6-7H2,1-5H3,(H,15,18). The third-order valence-corrected chi connectivity index (χ3v) is 4.16. The Morgan fingerprint density at radius 1 is 1.29 bits per heavy atom. The second kappa shape index (κ2) is 7.21. The van der Waals surface area contributed by atoms with Crippen LogP contribution in [-0.2, 0) is 14.3 Å². The van der Waals surface area contributed by atoms with Gasteiger partial charge in [-0.2, -0.15) is 0 Å². The minimum atomic E-state index is -0.449. The van der Waals surface area contributed by atoms with Crippen molar-refractivity contribution in [2.75, 3.05) is 25.5 Å². The van der Waals surface area contributed by atoms with Gasteiger partial charge in [-0.3, -0.25) is 9.59 Å². The topological polar surface area (TPSA) is 75.7 Å². The molecule has 21 heavy (non-hydrogen) atoms. The van der Waals surface area contributed by atoms with Gasteiger partial charge in [0.05, 0.1) is 18.7 Å². The Balaban J connectivity index is 2.93. The van der Waals surface area contributed by atoms with Crippen molar-refractivity contribution in [3.8, 4) is 0 Å². The molecule has 0 radical (unpaired) electrons. The van der Waals surface area contributed by atoms with E-state index in [0.29, 0.717) is 10.6 Å². The average molecular weight is 312 g/mol. The molecule has 0 atom stereocenters. The van der Waals surface area contributed by atoms with Gasteiger partial charge in [0, 0.05) is 18.8 Å². The number of rotatable bonds is 5. The maximum absolute atomic E-state index is 12.0. The Bertz CT molecular complexity index is 566. The van der Waals surface area contributed by atoms with Crippen molar-refractivity contribution in [2.45, 2.75) is 27.7 Å². The maximum Gasteiger partial charge on any atom is 0.341 e. The van der Waals surface area contributed by atoms with Gasteiger partial charge in [0.2, 0.25) is 11.8 Å². The zero-order valence-electron chi connectivity index (χ0n) is 12.9. The minimum absolute atomic E-state index is 0.0619. The molecule has 0 aromatic carbocycles. The highest BCUT2D eigenvalue weighted by Crippen LogP contribution is 2.32. The number of hydrogen-bond acceptors (Lipinski definition) is 5. The van der Waals surface area contributed by atoms with Crippen LogP contribution in [0.4, 0.5) is 5.00 Å². The first-order valence-corrected chi connectivity index (χ1v) is 7.38. The van der Waals surface area contributed by atoms with Gasteiger partial charge in [-0.15, -0.1) is 11.3 Å². The Morgan fingerprint density at radius 2 is 1.90 bits per heavy atom. The molecule has 1 aromatic rings. The number of anilines is 1. The summed E-state index contributed by atoms with van der Waals surface area (Å²) >= 11 is 1.32. The van der Waals surface area contributed by atoms with E-state index in [0.717, 1.165) is 10.4 Å². The minimum Gasteiger partial charge on any atom is -0.462 e. The summed E-state index contributed by atoms with van der Waals surface area (Å²) in [5.74, 6) is -0.997. The average Bonchev–Trinajstić information content (AvgIpc) is 2.64. The highest BCUT2D eigenvalue weighted by atomic mass is 32.1. The molecule has 0 saturated carbocycles. The van der Waals surface area contributed by atoms with Crippen molar-refractivity contribution in [1.82, 2.24) is 4.90 Å². The fraction of sp³-hybridized carbons (Fsp3) is 0.500. The lowest BCUT2D eigenvalue weighted by Gasteiger charge is -2.14. The first-order chi connectivity index (χ1) is 9.77. The van der Waals surface area contributed by atoms with Gasteiger partial charge < -0.3 is 15.0 Å². The van der Waals surface area contributed by atoms with E-state index in [1.165, 1.54) is 23.2 Å². The summed E-state index contributed by atoms with van der Waals surface area (Å²) < 4.78 is 5.02. The first-order valence-electron chi connectivity index (χ1n) is 6.56. The Kier molecular flexibility index (Phi) is 5.90. The van der Waals surface area contributed by atoms with Crippen molar-refractivity contribution in [1.29, 1.82) is 0 Å². The molecule has 7 heteroatoms. The highest BCUT2D eigenvalue weighted by Gasteiger charge is 2.22. The molecule has 0 aliphatic rings. The van der Waals surface area contributed by atoms with Crippen LogP contribution >= 0.6 is 11.3 Å². The van der Waals surface area contributed by atoms with E-state index in [1.54, 1.807) is 14.0 Å². The molecule has 0 aliphatic carbocycles. The molecule has 0 aliphatic heterocycles. The van der Waals surface area contributed by atoms with E-state index in [-0.39, 0.29) is 25.0 Å². The molecule has 1 heterocycles. The zero-order chi connectivity index (χ0) is 16.2. The summed E-state index contributed by atoms with van der Waals surface area (Å²) in [6.45, 7) is 7.01.